The summed E-state index contributed by atoms with van der Waals surface area (Å²) in [6.07, 6.45) is 5.15. The summed E-state index contributed by atoms with van der Waals surface area (Å²) in [6.45, 7) is 5.07. The first-order valence-electron chi connectivity index (χ1n) is 9.57. The molecule has 1 aliphatic rings. The summed E-state index contributed by atoms with van der Waals surface area (Å²) in [5.74, 6) is -0.351. The second-order valence-electron chi connectivity index (χ2n) is 6.93. The van der Waals surface area contributed by atoms with Gasteiger partial charge in [0.2, 0.25) is 0 Å². The van der Waals surface area contributed by atoms with E-state index in [9.17, 15) is 9.18 Å². The van der Waals surface area contributed by atoms with Crippen molar-refractivity contribution in [2.24, 2.45) is 0 Å². The molecule has 0 spiro atoms. The van der Waals surface area contributed by atoms with Crippen molar-refractivity contribution in [3.63, 3.8) is 0 Å². The number of anilines is 1. The van der Waals surface area contributed by atoms with Gasteiger partial charge in [0, 0.05) is 36.1 Å². The maximum absolute atomic E-state index is 13.1. The number of rotatable bonds is 5. The molecule has 4 rings (SSSR count). The number of aryl methyl sites for hydroxylation is 1. The highest BCUT2D eigenvalue weighted by Crippen LogP contribution is 2.18. The van der Waals surface area contributed by atoms with Crippen molar-refractivity contribution in [3.8, 4) is 5.69 Å². The smallest absolute Gasteiger partial charge is 0.185 e. The molecule has 6 heteroatoms. The molecule has 1 aromatic heterocycles. The van der Waals surface area contributed by atoms with Crippen molar-refractivity contribution in [1.82, 2.24) is 9.78 Å². The Kier molecular flexibility index (Phi) is 5.53. The standard InChI is InChI=1S/C23H22FN3O2/c1-17-19(16-27(25-17)22-9-5-20(24)6-10-22)4-11-23(28)18-2-7-21(8-3-18)26-12-14-29-15-13-26/h2-11,16H,12-15H2,1H3/b11-4+. The van der Waals surface area contributed by atoms with Gasteiger partial charge in [-0.1, -0.05) is 0 Å². The molecule has 0 saturated carbocycles. The van der Waals surface area contributed by atoms with Crippen LogP contribution in [-0.2, 0) is 4.74 Å². The zero-order chi connectivity index (χ0) is 20.2. The third-order valence-corrected chi connectivity index (χ3v) is 4.97. The fraction of sp³-hybridized carbons (Fsp3) is 0.217. The first-order chi connectivity index (χ1) is 14.1. The molecule has 0 unspecified atom stereocenters. The predicted molar refractivity (Wildman–Crippen MR) is 111 cm³/mol. The highest BCUT2D eigenvalue weighted by Gasteiger charge is 2.12. The topological polar surface area (TPSA) is 47.4 Å². The minimum absolute atomic E-state index is 0.0625. The van der Waals surface area contributed by atoms with Gasteiger partial charge >= 0.3 is 0 Å². The van der Waals surface area contributed by atoms with Crippen LogP contribution in [0.1, 0.15) is 21.6 Å². The van der Waals surface area contributed by atoms with Gasteiger partial charge < -0.3 is 9.64 Å². The molecule has 148 valence electrons. The van der Waals surface area contributed by atoms with Gasteiger partial charge in [-0.3, -0.25) is 4.79 Å². The van der Waals surface area contributed by atoms with E-state index in [1.807, 2.05) is 37.4 Å². The van der Waals surface area contributed by atoms with Gasteiger partial charge in [-0.25, -0.2) is 9.07 Å². The minimum Gasteiger partial charge on any atom is -0.378 e. The van der Waals surface area contributed by atoms with Crippen LogP contribution in [0.5, 0.6) is 0 Å². The fourth-order valence-corrected chi connectivity index (χ4v) is 3.28. The number of hydrogen-bond acceptors (Lipinski definition) is 4. The Labute approximate surface area is 169 Å². The third kappa shape index (κ3) is 4.43. The third-order valence-electron chi connectivity index (χ3n) is 4.97. The summed E-state index contributed by atoms with van der Waals surface area (Å²) in [4.78, 5) is 14.8. The SMILES string of the molecule is Cc1nn(-c2ccc(F)cc2)cc1/C=C/C(=O)c1ccc(N2CCOCC2)cc1. The average molecular weight is 391 g/mol. The lowest BCUT2D eigenvalue weighted by Crippen LogP contribution is -2.36. The summed E-state index contributed by atoms with van der Waals surface area (Å²) in [7, 11) is 0. The molecule has 2 aromatic carbocycles. The van der Waals surface area contributed by atoms with Crippen LogP contribution in [0.25, 0.3) is 11.8 Å². The molecule has 2 heterocycles. The quantitative estimate of drug-likeness (QED) is 0.486. The Morgan fingerprint density at radius 2 is 1.69 bits per heavy atom. The summed E-state index contributed by atoms with van der Waals surface area (Å²) in [5, 5.41) is 4.44. The largest absolute Gasteiger partial charge is 0.378 e. The highest BCUT2D eigenvalue weighted by atomic mass is 19.1. The number of morpholine rings is 1. The normalized spacial score (nSPS) is 14.5. The molecule has 1 fully saturated rings. The predicted octanol–water partition coefficient (Wildman–Crippen LogP) is 4.05. The molecule has 0 atom stereocenters. The van der Waals surface area contributed by atoms with Gasteiger partial charge in [0.25, 0.3) is 0 Å². The number of ketones is 1. The minimum atomic E-state index is -0.289. The summed E-state index contributed by atoms with van der Waals surface area (Å²) in [6, 6.07) is 13.8. The number of nitrogens with zero attached hydrogens (tertiary/aromatic N) is 3. The first-order valence-corrected chi connectivity index (χ1v) is 9.57. The van der Waals surface area contributed by atoms with Gasteiger partial charge in [-0.05, 0) is 67.6 Å². The molecule has 3 aromatic rings. The maximum Gasteiger partial charge on any atom is 0.185 e. The number of allylic oxidation sites excluding steroid dienone is 1. The Morgan fingerprint density at radius 3 is 2.38 bits per heavy atom. The van der Waals surface area contributed by atoms with E-state index in [1.54, 1.807) is 29.0 Å². The van der Waals surface area contributed by atoms with Crippen LogP contribution < -0.4 is 4.90 Å². The van der Waals surface area contributed by atoms with Crippen molar-refractivity contribution in [3.05, 3.63) is 83.4 Å². The van der Waals surface area contributed by atoms with Crippen molar-refractivity contribution in [1.29, 1.82) is 0 Å². The number of aromatic nitrogens is 2. The second-order valence-corrected chi connectivity index (χ2v) is 6.93. The number of carbonyl (C=O) groups is 1. The Hall–Kier alpha value is -3.25. The van der Waals surface area contributed by atoms with Crippen LogP contribution in [0.2, 0.25) is 0 Å². The van der Waals surface area contributed by atoms with Crippen LogP contribution in [0.4, 0.5) is 10.1 Å². The Balaban J connectivity index is 1.46. The molecular formula is C23H22FN3O2. The van der Waals surface area contributed by atoms with Crippen LogP contribution in [0.3, 0.4) is 0 Å². The van der Waals surface area contributed by atoms with Crippen LogP contribution in [0.15, 0.2) is 60.8 Å². The number of carbonyl (C=O) groups excluding carboxylic acids is 1. The molecule has 5 nitrogen and oxygen atoms in total. The summed E-state index contributed by atoms with van der Waals surface area (Å²) in [5.41, 5.74) is 4.14. The number of benzene rings is 2. The molecule has 0 bridgehead atoms. The molecular weight excluding hydrogens is 369 g/mol. The van der Waals surface area contributed by atoms with E-state index < -0.39 is 0 Å². The van der Waals surface area contributed by atoms with E-state index >= 15 is 0 Å². The first kappa shape index (κ1) is 19.1. The molecule has 0 amide bonds. The van der Waals surface area contributed by atoms with E-state index in [4.69, 9.17) is 4.74 Å². The second kappa shape index (κ2) is 8.41. The van der Waals surface area contributed by atoms with Gasteiger partial charge in [-0.2, -0.15) is 5.10 Å². The van der Waals surface area contributed by atoms with Crippen molar-refractivity contribution >= 4 is 17.5 Å². The monoisotopic (exact) mass is 391 g/mol. The number of hydrogen-bond donors (Lipinski definition) is 0. The van der Waals surface area contributed by atoms with Crippen LogP contribution >= 0.6 is 0 Å². The molecule has 0 N–H and O–H groups in total. The zero-order valence-electron chi connectivity index (χ0n) is 16.2. The van der Waals surface area contributed by atoms with Gasteiger partial charge in [0.15, 0.2) is 5.78 Å². The summed E-state index contributed by atoms with van der Waals surface area (Å²) >= 11 is 0. The zero-order valence-corrected chi connectivity index (χ0v) is 16.2. The van der Waals surface area contributed by atoms with Gasteiger partial charge in [-0.15, -0.1) is 0 Å². The molecule has 1 saturated heterocycles. The van der Waals surface area contributed by atoms with Crippen molar-refractivity contribution in [2.45, 2.75) is 6.92 Å². The van der Waals surface area contributed by atoms with E-state index in [-0.39, 0.29) is 11.6 Å². The fourth-order valence-electron chi connectivity index (χ4n) is 3.28. The average Bonchev–Trinajstić information content (AvgIpc) is 3.14. The van der Waals surface area contributed by atoms with E-state index in [0.717, 1.165) is 48.9 Å². The lowest BCUT2D eigenvalue weighted by Gasteiger charge is -2.28. The lowest BCUT2D eigenvalue weighted by molar-refractivity contribution is 0.104. The lowest BCUT2D eigenvalue weighted by atomic mass is 10.1. The van der Waals surface area contributed by atoms with Gasteiger partial charge in [0.05, 0.1) is 24.6 Å². The highest BCUT2D eigenvalue weighted by molar-refractivity contribution is 6.07. The molecule has 29 heavy (non-hydrogen) atoms. The van der Waals surface area contributed by atoms with E-state index in [0.29, 0.717) is 5.56 Å². The maximum atomic E-state index is 13.1. The number of ether oxygens (including phenoxy) is 1. The van der Waals surface area contributed by atoms with Gasteiger partial charge in [0.1, 0.15) is 5.82 Å². The van der Waals surface area contributed by atoms with E-state index in [1.165, 1.54) is 12.1 Å². The number of halogens is 1. The molecule has 0 radical (unpaired) electrons. The molecule has 0 aliphatic carbocycles. The van der Waals surface area contributed by atoms with Crippen molar-refractivity contribution in [2.75, 3.05) is 31.2 Å². The molecule has 1 aliphatic heterocycles. The van der Waals surface area contributed by atoms with E-state index in [2.05, 4.69) is 10.00 Å². The van der Waals surface area contributed by atoms with Crippen molar-refractivity contribution < 1.29 is 13.9 Å². The summed E-state index contributed by atoms with van der Waals surface area (Å²) < 4.78 is 20.2. The van der Waals surface area contributed by atoms with Crippen LogP contribution in [0, 0.1) is 12.7 Å². The Morgan fingerprint density at radius 1 is 1.03 bits per heavy atom. The Bertz CT molecular complexity index is 1020. The van der Waals surface area contributed by atoms with Crippen LogP contribution in [-0.4, -0.2) is 41.9 Å².